The number of carbonyl (C=O) groups is 1. The van der Waals surface area contributed by atoms with E-state index in [9.17, 15) is 4.79 Å². The Labute approximate surface area is 112 Å². The average molecular weight is 253 g/mol. The molecule has 0 unspecified atom stereocenters. The summed E-state index contributed by atoms with van der Waals surface area (Å²) in [6.07, 6.45) is 1.79. The first-order chi connectivity index (χ1) is 9.16. The minimum Gasteiger partial charge on any atom is -0.426 e. The van der Waals surface area contributed by atoms with E-state index < -0.39 is 0 Å². The fraction of sp³-hybridized carbons (Fsp3) is 0.125. The summed E-state index contributed by atoms with van der Waals surface area (Å²) >= 11 is 0. The Kier molecular flexibility index (Phi) is 4.08. The minimum atomic E-state index is -0.327. The molecule has 0 aliphatic rings. The summed E-state index contributed by atoms with van der Waals surface area (Å²) < 4.78 is 5.12. The normalized spacial score (nSPS) is 10.6. The van der Waals surface area contributed by atoms with Gasteiger partial charge in [-0.15, -0.1) is 0 Å². The zero-order chi connectivity index (χ0) is 13.7. The molecule has 0 saturated carbocycles. The van der Waals surface area contributed by atoms with Crippen LogP contribution in [0.3, 0.4) is 0 Å². The number of hydrogen-bond acceptors (Lipinski definition) is 3. The van der Waals surface area contributed by atoms with Crippen LogP contribution in [-0.4, -0.2) is 12.2 Å². The number of aliphatic imine (C=N–C) groups is 1. The smallest absolute Gasteiger partial charge is 0.308 e. The summed E-state index contributed by atoms with van der Waals surface area (Å²) in [4.78, 5) is 15.4. The number of hydrogen-bond donors (Lipinski definition) is 0. The molecule has 0 aliphatic carbocycles. The highest BCUT2D eigenvalue weighted by Gasteiger charge is 2.05. The van der Waals surface area contributed by atoms with Crippen LogP contribution in [0.1, 0.15) is 18.1 Å². The number of nitrogens with zero attached hydrogens (tertiary/aromatic N) is 1. The Bertz CT molecular complexity index is 603. The first-order valence-corrected chi connectivity index (χ1v) is 6.04. The van der Waals surface area contributed by atoms with Crippen LogP contribution >= 0.6 is 0 Å². The standard InChI is InChI=1S/C16H15NO2/c1-12-15(9-6-10-16(12)19-13(2)18)17-11-14-7-4-3-5-8-14/h3-11H,1-2H3. The van der Waals surface area contributed by atoms with Crippen molar-refractivity contribution in [2.24, 2.45) is 4.99 Å². The van der Waals surface area contributed by atoms with Gasteiger partial charge in [0.25, 0.3) is 0 Å². The van der Waals surface area contributed by atoms with Crippen LogP contribution in [-0.2, 0) is 4.79 Å². The molecule has 0 atom stereocenters. The second-order valence-corrected chi connectivity index (χ2v) is 4.16. The first-order valence-electron chi connectivity index (χ1n) is 6.04. The molecule has 0 N–H and O–H groups in total. The minimum absolute atomic E-state index is 0.327. The van der Waals surface area contributed by atoms with E-state index in [4.69, 9.17) is 4.74 Å². The molecule has 0 spiro atoms. The first kappa shape index (κ1) is 13.0. The van der Waals surface area contributed by atoms with Crippen LogP contribution in [0.25, 0.3) is 0 Å². The molecule has 0 radical (unpaired) electrons. The van der Waals surface area contributed by atoms with Crippen molar-refractivity contribution in [2.45, 2.75) is 13.8 Å². The van der Waals surface area contributed by atoms with Gasteiger partial charge in [0.15, 0.2) is 0 Å². The van der Waals surface area contributed by atoms with Crippen LogP contribution < -0.4 is 4.74 Å². The van der Waals surface area contributed by atoms with Gasteiger partial charge in [0, 0.05) is 18.7 Å². The van der Waals surface area contributed by atoms with E-state index in [0.29, 0.717) is 5.75 Å². The Morgan fingerprint density at radius 1 is 1.11 bits per heavy atom. The molecule has 0 fully saturated rings. The summed E-state index contributed by atoms with van der Waals surface area (Å²) in [6, 6.07) is 15.3. The number of ether oxygens (including phenoxy) is 1. The Hall–Kier alpha value is -2.42. The maximum atomic E-state index is 11.0. The molecule has 3 heteroatoms. The topological polar surface area (TPSA) is 38.7 Å². The van der Waals surface area contributed by atoms with Gasteiger partial charge in [0.05, 0.1) is 5.69 Å². The molecule has 2 rings (SSSR count). The lowest BCUT2D eigenvalue weighted by atomic mass is 10.2. The largest absolute Gasteiger partial charge is 0.426 e. The molecular formula is C16H15NO2. The van der Waals surface area contributed by atoms with Gasteiger partial charge in [0.2, 0.25) is 0 Å². The van der Waals surface area contributed by atoms with Crippen molar-refractivity contribution in [2.75, 3.05) is 0 Å². The lowest BCUT2D eigenvalue weighted by molar-refractivity contribution is -0.131. The summed E-state index contributed by atoms with van der Waals surface area (Å²) in [5.74, 6) is 0.225. The van der Waals surface area contributed by atoms with Crippen molar-refractivity contribution < 1.29 is 9.53 Å². The van der Waals surface area contributed by atoms with Gasteiger partial charge in [0.1, 0.15) is 5.75 Å². The van der Waals surface area contributed by atoms with Crippen molar-refractivity contribution in [3.05, 3.63) is 59.7 Å². The highest BCUT2D eigenvalue weighted by Crippen LogP contribution is 2.27. The molecule has 19 heavy (non-hydrogen) atoms. The van der Waals surface area contributed by atoms with Gasteiger partial charge < -0.3 is 4.74 Å². The molecule has 3 nitrogen and oxygen atoms in total. The van der Waals surface area contributed by atoms with Crippen LogP contribution in [0.5, 0.6) is 5.75 Å². The van der Waals surface area contributed by atoms with E-state index in [2.05, 4.69) is 4.99 Å². The van der Waals surface area contributed by atoms with Gasteiger partial charge in [-0.05, 0) is 24.6 Å². The van der Waals surface area contributed by atoms with E-state index in [1.54, 1.807) is 12.3 Å². The molecule has 0 bridgehead atoms. The van der Waals surface area contributed by atoms with Crippen LogP contribution in [0.2, 0.25) is 0 Å². The molecular weight excluding hydrogens is 238 g/mol. The van der Waals surface area contributed by atoms with Crippen molar-refractivity contribution >= 4 is 17.9 Å². The van der Waals surface area contributed by atoms with E-state index in [-0.39, 0.29) is 5.97 Å². The number of carbonyl (C=O) groups excluding carboxylic acids is 1. The molecule has 2 aromatic carbocycles. The molecule has 0 amide bonds. The average Bonchev–Trinajstić information content (AvgIpc) is 2.40. The van der Waals surface area contributed by atoms with Crippen LogP contribution in [0.4, 0.5) is 5.69 Å². The summed E-state index contributed by atoms with van der Waals surface area (Å²) in [7, 11) is 0. The second-order valence-electron chi connectivity index (χ2n) is 4.16. The Morgan fingerprint density at radius 3 is 2.53 bits per heavy atom. The highest BCUT2D eigenvalue weighted by molar-refractivity contribution is 5.82. The zero-order valence-corrected chi connectivity index (χ0v) is 11.0. The molecule has 2 aromatic rings. The quantitative estimate of drug-likeness (QED) is 0.475. The lowest BCUT2D eigenvalue weighted by Gasteiger charge is -2.07. The third-order valence-electron chi connectivity index (χ3n) is 2.66. The Morgan fingerprint density at radius 2 is 1.84 bits per heavy atom. The van der Waals surface area contributed by atoms with E-state index in [0.717, 1.165) is 16.8 Å². The predicted octanol–water partition coefficient (Wildman–Crippen LogP) is 3.67. The van der Waals surface area contributed by atoms with E-state index in [1.807, 2.05) is 49.4 Å². The SMILES string of the molecule is CC(=O)Oc1cccc(N=Cc2ccccc2)c1C. The van der Waals surface area contributed by atoms with Gasteiger partial charge in [-0.1, -0.05) is 36.4 Å². The maximum absolute atomic E-state index is 11.0. The molecule has 0 saturated heterocycles. The third-order valence-corrected chi connectivity index (χ3v) is 2.66. The monoisotopic (exact) mass is 253 g/mol. The number of rotatable bonds is 3. The fourth-order valence-corrected chi connectivity index (χ4v) is 1.69. The number of benzene rings is 2. The molecule has 96 valence electrons. The Balaban J connectivity index is 2.26. The van der Waals surface area contributed by atoms with Gasteiger partial charge in [-0.25, -0.2) is 0 Å². The van der Waals surface area contributed by atoms with Crippen molar-refractivity contribution in [3.63, 3.8) is 0 Å². The van der Waals surface area contributed by atoms with E-state index in [1.165, 1.54) is 6.92 Å². The van der Waals surface area contributed by atoms with Crippen molar-refractivity contribution in [3.8, 4) is 5.75 Å². The molecule has 0 heterocycles. The second kappa shape index (κ2) is 5.96. The van der Waals surface area contributed by atoms with Gasteiger partial charge >= 0.3 is 5.97 Å². The predicted molar refractivity (Wildman–Crippen MR) is 76.2 cm³/mol. The van der Waals surface area contributed by atoms with Crippen LogP contribution in [0.15, 0.2) is 53.5 Å². The zero-order valence-electron chi connectivity index (χ0n) is 11.0. The summed E-state index contributed by atoms with van der Waals surface area (Å²) in [6.45, 7) is 3.27. The lowest BCUT2D eigenvalue weighted by Crippen LogP contribution is -2.02. The molecule has 0 aromatic heterocycles. The summed E-state index contributed by atoms with van der Waals surface area (Å²) in [5.41, 5.74) is 2.67. The summed E-state index contributed by atoms with van der Waals surface area (Å²) in [5, 5.41) is 0. The third kappa shape index (κ3) is 3.52. The molecule has 0 aliphatic heterocycles. The maximum Gasteiger partial charge on any atom is 0.308 e. The fourth-order valence-electron chi connectivity index (χ4n) is 1.69. The van der Waals surface area contributed by atoms with Crippen molar-refractivity contribution in [1.82, 2.24) is 0 Å². The van der Waals surface area contributed by atoms with Gasteiger partial charge in [-0.3, -0.25) is 9.79 Å². The van der Waals surface area contributed by atoms with Crippen molar-refractivity contribution in [1.29, 1.82) is 0 Å². The van der Waals surface area contributed by atoms with Crippen LogP contribution in [0, 0.1) is 6.92 Å². The number of esters is 1. The highest BCUT2D eigenvalue weighted by atomic mass is 16.5. The van der Waals surface area contributed by atoms with E-state index >= 15 is 0 Å². The van der Waals surface area contributed by atoms with Gasteiger partial charge in [-0.2, -0.15) is 0 Å².